The number of phenols is 1. The Bertz CT molecular complexity index is 591. The number of hydrazone groups is 1. The third-order valence-electron chi connectivity index (χ3n) is 3.71. The van der Waals surface area contributed by atoms with Crippen molar-refractivity contribution >= 4 is 23.0 Å². The molecule has 0 aromatic heterocycles. The summed E-state index contributed by atoms with van der Waals surface area (Å²) < 4.78 is 18.6. The van der Waals surface area contributed by atoms with Gasteiger partial charge in [0.1, 0.15) is 11.6 Å². The number of nitrogens with zero attached hydrogens (tertiary/aromatic N) is 2. The molecule has 1 aromatic carbocycles. The van der Waals surface area contributed by atoms with Gasteiger partial charge in [-0.1, -0.05) is 6.92 Å². The Morgan fingerprint density at radius 1 is 1.42 bits per heavy atom. The van der Waals surface area contributed by atoms with Crippen LogP contribution in [-0.2, 0) is 4.74 Å². The summed E-state index contributed by atoms with van der Waals surface area (Å²) in [6.45, 7) is 6.85. The van der Waals surface area contributed by atoms with E-state index in [0.29, 0.717) is 29.4 Å². The third-order valence-corrected chi connectivity index (χ3v) is 3.95. The van der Waals surface area contributed by atoms with Gasteiger partial charge in [0.05, 0.1) is 18.9 Å². The number of halogens is 1. The van der Waals surface area contributed by atoms with Gasteiger partial charge in [-0.25, -0.2) is 4.39 Å². The van der Waals surface area contributed by atoms with E-state index in [1.54, 1.807) is 0 Å². The predicted octanol–water partition coefficient (Wildman–Crippen LogP) is 1.44. The molecule has 24 heavy (non-hydrogen) atoms. The van der Waals surface area contributed by atoms with Crippen LogP contribution in [0.15, 0.2) is 23.3 Å². The molecule has 0 radical (unpaired) electrons. The first-order chi connectivity index (χ1) is 11.6. The second-order valence-electron chi connectivity index (χ2n) is 5.40. The van der Waals surface area contributed by atoms with Crippen molar-refractivity contribution in [3.63, 3.8) is 0 Å². The molecule has 1 fully saturated rings. The van der Waals surface area contributed by atoms with Crippen LogP contribution in [-0.4, -0.2) is 60.2 Å². The molecule has 6 nitrogen and oxygen atoms in total. The molecule has 1 aliphatic heterocycles. The van der Waals surface area contributed by atoms with Gasteiger partial charge < -0.3 is 15.2 Å². The maximum Gasteiger partial charge on any atom is 0.187 e. The van der Waals surface area contributed by atoms with Crippen LogP contribution in [0.1, 0.15) is 18.9 Å². The SMILES string of the molecule is CC/C(=N\NC(=S)NCCN1CCOCC1)c1cc(F)ccc1O. The monoisotopic (exact) mass is 354 g/mol. The molecular formula is C16H23FN4O2S. The van der Waals surface area contributed by atoms with E-state index in [1.165, 1.54) is 18.2 Å². The molecule has 2 rings (SSSR count). The minimum Gasteiger partial charge on any atom is -0.507 e. The quantitative estimate of drug-likeness (QED) is 0.408. The zero-order valence-corrected chi connectivity index (χ0v) is 14.5. The summed E-state index contributed by atoms with van der Waals surface area (Å²) in [4.78, 5) is 2.30. The summed E-state index contributed by atoms with van der Waals surface area (Å²) >= 11 is 5.19. The molecule has 1 aromatic rings. The Hall–Kier alpha value is -1.77. The fourth-order valence-corrected chi connectivity index (χ4v) is 2.53. The van der Waals surface area contributed by atoms with Crippen molar-refractivity contribution < 1.29 is 14.2 Å². The van der Waals surface area contributed by atoms with Crippen LogP contribution >= 0.6 is 12.2 Å². The Morgan fingerprint density at radius 3 is 2.88 bits per heavy atom. The van der Waals surface area contributed by atoms with Gasteiger partial charge in [0.25, 0.3) is 0 Å². The molecule has 0 bridgehead atoms. The predicted molar refractivity (Wildman–Crippen MR) is 95.9 cm³/mol. The number of hydrogen-bond acceptors (Lipinski definition) is 5. The minimum absolute atomic E-state index is 0.00926. The summed E-state index contributed by atoms with van der Waals surface area (Å²) in [7, 11) is 0. The molecule has 0 saturated carbocycles. The van der Waals surface area contributed by atoms with Gasteiger partial charge in [-0.05, 0) is 36.8 Å². The summed E-state index contributed by atoms with van der Waals surface area (Å²) in [5.41, 5.74) is 3.64. The fraction of sp³-hybridized carbons (Fsp3) is 0.500. The van der Waals surface area contributed by atoms with E-state index >= 15 is 0 Å². The first-order valence-electron chi connectivity index (χ1n) is 7.99. The van der Waals surface area contributed by atoms with Crippen molar-refractivity contribution in [2.45, 2.75) is 13.3 Å². The molecule has 1 saturated heterocycles. The van der Waals surface area contributed by atoms with Crippen LogP contribution < -0.4 is 10.7 Å². The molecule has 0 aliphatic carbocycles. The lowest BCUT2D eigenvalue weighted by Gasteiger charge is -2.26. The summed E-state index contributed by atoms with van der Waals surface area (Å²) in [5, 5.41) is 17.5. The number of rotatable bonds is 6. The Kier molecular flexibility index (Phi) is 7.36. The number of nitrogens with one attached hydrogen (secondary N) is 2. The van der Waals surface area contributed by atoms with Gasteiger partial charge >= 0.3 is 0 Å². The number of ether oxygens (including phenoxy) is 1. The highest BCUT2D eigenvalue weighted by Crippen LogP contribution is 2.19. The van der Waals surface area contributed by atoms with E-state index < -0.39 is 5.82 Å². The number of benzene rings is 1. The second-order valence-corrected chi connectivity index (χ2v) is 5.80. The van der Waals surface area contributed by atoms with Crippen LogP contribution in [0.3, 0.4) is 0 Å². The third kappa shape index (κ3) is 5.70. The lowest BCUT2D eigenvalue weighted by Crippen LogP contribution is -2.43. The Balaban J connectivity index is 1.83. The van der Waals surface area contributed by atoms with E-state index in [9.17, 15) is 9.50 Å². The van der Waals surface area contributed by atoms with Crippen LogP contribution in [0.25, 0.3) is 0 Å². The van der Waals surface area contributed by atoms with Gasteiger partial charge in [-0.2, -0.15) is 5.10 Å². The van der Waals surface area contributed by atoms with E-state index in [-0.39, 0.29) is 5.75 Å². The van der Waals surface area contributed by atoms with E-state index in [0.717, 1.165) is 32.8 Å². The van der Waals surface area contributed by atoms with Crippen LogP contribution in [0.4, 0.5) is 4.39 Å². The van der Waals surface area contributed by atoms with E-state index in [4.69, 9.17) is 17.0 Å². The summed E-state index contributed by atoms with van der Waals surface area (Å²) in [6, 6.07) is 3.78. The second kappa shape index (κ2) is 9.51. The lowest BCUT2D eigenvalue weighted by atomic mass is 10.1. The van der Waals surface area contributed by atoms with E-state index in [1.807, 2.05) is 6.92 Å². The van der Waals surface area contributed by atoms with Crippen molar-refractivity contribution in [3.8, 4) is 5.75 Å². The van der Waals surface area contributed by atoms with E-state index in [2.05, 4.69) is 20.7 Å². The maximum absolute atomic E-state index is 13.3. The molecule has 1 heterocycles. The molecule has 132 valence electrons. The fourth-order valence-electron chi connectivity index (χ4n) is 2.38. The highest BCUT2D eigenvalue weighted by Gasteiger charge is 2.11. The molecule has 0 atom stereocenters. The van der Waals surface area contributed by atoms with Crippen molar-refractivity contribution in [1.29, 1.82) is 0 Å². The van der Waals surface area contributed by atoms with Gasteiger partial charge in [0.2, 0.25) is 0 Å². The molecule has 0 amide bonds. The first-order valence-corrected chi connectivity index (χ1v) is 8.40. The number of phenolic OH excluding ortho intramolecular Hbond substituents is 1. The molecule has 1 aliphatic rings. The number of morpholine rings is 1. The number of hydrogen-bond donors (Lipinski definition) is 3. The lowest BCUT2D eigenvalue weighted by molar-refractivity contribution is 0.0389. The zero-order valence-electron chi connectivity index (χ0n) is 13.7. The topological polar surface area (TPSA) is 69.1 Å². The van der Waals surface area contributed by atoms with Gasteiger partial charge in [0.15, 0.2) is 5.11 Å². The minimum atomic E-state index is -0.421. The normalized spacial score (nSPS) is 16.0. The largest absolute Gasteiger partial charge is 0.507 e. The Labute approximate surface area is 146 Å². The van der Waals surface area contributed by atoms with Crippen LogP contribution in [0, 0.1) is 5.82 Å². The highest BCUT2D eigenvalue weighted by atomic mass is 32.1. The van der Waals surface area contributed by atoms with Gasteiger partial charge in [0, 0.05) is 31.7 Å². The number of aromatic hydroxyl groups is 1. The zero-order chi connectivity index (χ0) is 17.4. The average Bonchev–Trinajstić information content (AvgIpc) is 2.59. The van der Waals surface area contributed by atoms with Crippen molar-refractivity contribution in [1.82, 2.24) is 15.6 Å². The standard InChI is InChI=1S/C16H23FN4O2S/c1-2-14(13-11-12(17)3-4-15(13)22)19-20-16(24)18-5-6-21-7-9-23-10-8-21/h3-4,11,22H,2,5-10H2,1H3,(H2,18,20,24)/b19-14+. The number of thiocarbonyl (C=S) groups is 1. The average molecular weight is 354 g/mol. The van der Waals surface area contributed by atoms with Crippen LogP contribution in [0.5, 0.6) is 5.75 Å². The molecule has 8 heteroatoms. The van der Waals surface area contributed by atoms with Crippen LogP contribution in [0.2, 0.25) is 0 Å². The Morgan fingerprint density at radius 2 is 2.17 bits per heavy atom. The summed E-state index contributed by atoms with van der Waals surface area (Å²) in [6.07, 6.45) is 0.528. The smallest absolute Gasteiger partial charge is 0.187 e. The first kappa shape index (κ1) is 18.6. The summed E-state index contributed by atoms with van der Waals surface area (Å²) in [5.74, 6) is -0.430. The van der Waals surface area contributed by atoms with Crippen molar-refractivity contribution in [2.24, 2.45) is 5.10 Å². The molecule has 0 unspecified atom stereocenters. The van der Waals surface area contributed by atoms with Gasteiger partial charge in [-0.15, -0.1) is 0 Å². The molecule has 0 spiro atoms. The molecule has 3 N–H and O–H groups in total. The van der Waals surface area contributed by atoms with Gasteiger partial charge in [-0.3, -0.25) is 10.3 Å². The maximum atomic E-state index is 13.3. The molecular weight excluding hydrogens is 331 g/mol. The van der Waals surface area contributed by atoms with Crippen molar-refractivity contribution in [2.75, 3.05) is 39.4 Å². The van der Waals surface area contributed by atoms with Crippen molar-refractivity contribution in [3.05, 3.63) is 29.6 Å². The highest BCUT2D eigenvalue weighted by molar-refractivity contribution is 7.80.